The van der Waals surface area contributed by atoms with E-state index in [4.69, 9.17) is 0 Å². The van der Waals surface area contributed by atoms with E-state index in [1.165, 1.54) is 0 Å². The summed E-state index contributed by atoms with van der Waals surface area (Å²) in [7, 11) is 3.55. The van der Waals surface area contributed by atoms with E-state index >= 15 is 0 Å². The predicted molar refractivity (Wildman–Crippen MR) is 74.3 cm³/mol. The molecule has 0 aromatic carbocycles. The number of nitrogens with one attached hydrogen (secondary N) is 1. The maximum absolute atomic E-state index is 11.5. The number of rotatable bonds is 7. The number of hydrogen-bond donors (Lipinski definition) is 1. The predicted octanol–water partition coefficient (Wildman–Crippen LogP) is 2.33. The van der Waals surface area contributed by atoms with Gasteiger partial charge < -0.3 is 10.2 Å². The van der Waals surface area contributed by atoms with Gasteiger partial charge in [-0.25, -0.2) is 0 Å². The summed E-state index contributed by atoms with van der Waals surface area (Å²) >= 11 is 0. The topological polar surface area (TPSA) is 49.4 Å². The summed E-state index contributed by atoms with van der Waals surface area (Å²) in [5, 5.41) is 2.94. The molecule has 106 valence electrons. The highest BCUT2D eigenvalue weighted by Crippen LogP contribution is 2.07. The Morgan fingerprint density at radius 2 is 1.44 bits per heavy atom. The van der Waals surface area contributed by atoms with Gasteiger partial charge in [0, 0.05) is 32.5 Å². The van der Waals surface area contributed by atoms with E-state index in [-0.39, 0.29) is 17.4 Å². The number of carbonyl (C=O) groups excluding carboxylic acids is 2. The Labute approximate surface area is 111 Å². The Morgan fingerprint density at radius 3 is 1.89 bits per heavy atom. The fourth-order valence-electron chi connectivity index (χ4n) is 1.62. The van der Waals surface area contributed by atoms with Crippen LogP contribution in [0.4, 0.5) is 0 Å². The first kappa shape index (κ1) is 16.9. The smallest absolute Gasteiger partial charge is 0.222 e. The molecule has 0 aliphatic heterocycles. The number of hydrogen-bond acceptors (Lipinski definition) is 2. The molecule has 18 heavy (non-hydrogen) atoms. The molecule has 0 fully saturated rings. The minimum atomic E-state index is -0.144. The molecule has 4 heteroatoms. The van der Waals surface area contributed by atoms with Gasteiger partial charge in [-0.3, -0.25) is 9.59 Å². The molecule has 0 unspecified atom stereocenters. The lowest BCUT2D eigenvalue weighted by atomic mass is 10.1. The van der Waals surface area contributed by atoms with E-state index in [0.29, 0.717) is 12.8 Å². The summed E-state index contributed by atoms with van der Waals surface area (Å²) < 4.78 is 0. The summed E-state index contributed by atoms with van der Waals surface area (Å²) in [5.74, 6) is 0.298. The molecule has 0 heterocycles. The molecular formula is C14H28N2O2. The van der Waals surface area contributed by atoms with E-state index in [1.807, 2.05) is 20.8 Å². The summed E-state index contributed by atoms with van der Waals surface area (Å²) in [4.78, 5) is 24.4. The van der Waals surface area contributed by atoms with Crippen LogP contribution in [0.15, 0.2) is 0 Å². The van der Waals surface area contributed by atoms with E-state index < -0.39 is 0 Å². The van der Waals surface area contributed by atoms with Crippen LogP contribution < -0.4 is 5.32 Å². The summed E-state index contributed by atoms with van der Waals surface area (Å²) in [6.07, 6.45) is 5.04. The van der Waals surface area contributed by atoms with Crippen molar-refractivity contribution in [1.29, 1.82) is 0 Å². The molecule has 0 aromatic heterocycles. The second-order valence-corrected chi connectivity index (χ2v) is 6.00. The van der Waals surface area contributed by atoms with Crippen LogP contribution in [0.3, 0.4) is 0 Å². The minimum Gasteiger partial charge on any atom is -0.352 e. The number of nitrogens with zero attached hydrogens (tertiary/aromatic N) is 1. The highest BCUT2D eigenvalue weighted by molar-refractivity contribution is 5.76. The zero-order valence-corrected chi connectivity index (χ0v) is 12.5. The standard InChI is InChI=1S/C14H28N2O2/c1-14(2,3)15-12(17)10-8-6-7-9-11-13(18)16(4)5/h6-11H2,1-5H3,(H,15,17). The number of carbonyl (C=O) groups is 2. The monoisotopic (exact) mass is 256 g/mol. The van der Waals surface area contributed by atoms with E-state index in [2.05, 4.69) is 5.32 Å². The van der Waals surface area contributed by atoms with Gasteiger partial charge >= 0.3 is 0 Å². The van der Waals surface area contributed by atoms with Crippen molar-refractivity contribution >= 4 is 11.8 Å². The molecule has 0 saturated carbocycles. The van der Waals surface area contributed by atoms with Crippen LogP contribution >= 0.6 is 0 Å². The molecule has 0 atom stereocenters. The Bertz CT molecular complexity index is 267. The maximum atomic E-state index is 11.5. The second kappa shape index (κ2) is 8.11. The fourth-order valence-corrected chi connectivity index (χ4v) is 1.62. The fraction of sp³-hybridized carbons (Fsp3) is 0.857. The van der Waals surface area contributed by atoms with Gasteiger partial charge in [0.1, 0.15) is 0 Å². The van der Waals surface area contributed by atoms with Crippen molar-refractivity contribution in [2.24, 2.45) is 0 Å². The average molecular weight is 256 g/mol. The lowest BCUT2D eigenvalue weighted by molar-refractivity contribution is -0.128. The summed E-state index contributed by atoms with van der Waals surface area (Å²) in [6, 6.07) is 0. The molecule has 0 saturated heterocycles. The number of amides is 2. The molecule has 4 nitrogen and oxygen atoms in total. The lowest BCUT2D eigenvalue weighted by Crippen LogP contribution is -2.40. The van der Waals surface area contributed by atoms with Gasteiger partial charge in [0.05, 0.1) is 0 Å². The van der Waals surface area contributed by atoms with Gasteiger partial charge in [-0.05, 0) is 33.6 Å². The van der Waals surface area contributed by atoms with Crippen LogP contribution in [-0.2, 0) is 9.59 Å². The van der Waals surface area contributed by atoms with E-state index in [1.54, 1.807) is 19.0 Å². The number of unbranched alkanes of at least 4 members (excludes halogenated alkanes) is 3. The zero-order chi connectivity index (χ0) is 14.2. The maximum Gasteiger partial charge on any atom is 0.222 e. The van der Waals surface area contributed by atoms with Crippen molar-refractivity contribution < 1.29 is 9.59 Å². The Kier molecular flexibility index (Phi) is 7.64. The molecule has 0 radical (unpaired) electrons. The third-order valence-electron chi connectivity index (χ3n) is 2.56. The Hall–Kier alpha value is -1.06. The second-order valence-electron chi connectivity index (χ2n) is 6.00. The van der Waals surface area contributed by atoms with Crippen molar-refractivity contribution in [3.63, 3.8) is 0 Å². The molecule has 0 aliphatic rings. The normalized spacial score (nSPS) is 11.2. The van der Waals surface area contributed by atoms with Gasteiger partial charge in [-0.15, -0.1) is 0 Å². The van der Waals surface area contributed by atoms with Crippen LogP contribution in [0.25, 0.3) is 0 Å². The molecule has 0 aromatic rings. The van der Waals surface area contributed by atoms with E-state index in [0.717, 1.165) is 25.7 Å². The minimum absolute atomic E-state index is 0.117. The van der Waals surface area contributed by atoms with E-state index in [9.17, 15) is 9.59 Å². The average Bonchev–Trinajstić information content (AvgIpc) is 2.19. The Balaban J connectivity index is 3.46. The zero-order valence-electron chi connectivity index (χ0n) is 12.5. The van der Waals surface area contributed by atoms with Gasteiger partial charge in [0.25, 0.3) is 0 Å². The summed E-state index contributed by atoms with van der Waals surface area (Å²) in [5.41, 5.74) is -0.144. The van der Waals surface area contributed by atoms with Crippen molar-refractivity contribution in [3.8, 4) is 0 Å². The van der Waals surface area contributed by atoms with Crippen LogP contribution in [0, 0.1) is 0 Å². The quantitative estimate of drug-likeness (QED) is 0.711. The van der Waals surface area contributed by atoms with Crippen molar-refractivity contribution in [2.45, 2.75) is 64.8 Å². The molecule has 0 bridgehead atoms. The molecule has 1 N–H and O–H groups in total. The third kappa shape index (κ3) is 10.1. The SMILES string of the molecule is CN(C)C(=O)CCCCCCC(=O)NC(C)(C)C. The van der Waals surface area contributed by atoms with Crippen LogP contribution in [0.1, 0.15) is 59.3 Å². The van der Waals surface area contributed by atoms with Gasteiger partial charge in [0.2, 0.25) is 11.8 Å². The van der Waals surface area contributed by atoms with Gasteiger partial charge in [0.15, 0.2) is 0 Å². The first-order valence-electron chi connectivity index (χ1n) is 6.73. The van der Waals surface area contributed by atoms with Crippen molar-refractivity contribution in [1.82, 2.24) is 10.2 Å². The molecular weight excluding hydrogens is 228 g/mol. The summed E-state index contributed by atoms with van der Waals surface area (Å²) in [6.45, 7) is 5.95. The highest BCUT2D eigenvalue weighted by atomic mass is 16.2. The molecule has 0 rings (SSSR count). The third-order valence-corrected chi connectivity index (χ3v) is 2.56. The Morgan fingerprint density at radius 1 is 0.944 bits per heavy atom. The van der Waals surface area contributed by atoms with Crippen LogP contribution in [-0.4, -0.2) is 36.3 Å². The van der Waals surface area contributed by atoms with Crippen LogP contribution in [0.5, 0.6) is 0 Å². The van der Waals surface area contributed by atoms with Crippen molar-refractivity contribution in [2.75, 3.05) is 14.1 Å². The van der Waals surface area contributed by atoms with Gasteiger partial charge in [-0.1, -0.05) is 12.8 Å². The molecule has 0 aliphatic carbocycles. The first-order chi connectivity index (χ1) is 8.22. The largest absolute Gasteiger partial charge is 0.352 e. The van der Waals surface area contributed by atoms with Crippen molar-refractivity contribution in [3.05, 3.63) is 0 Å². The van der Waals surface area contributed by atoms with Gasteiger partial charge in [-0.2, -0.15) is 0 Å². The molecule has 2 amide bonds. The first-order valence-corrected chi connectivity index (χ1v) is 6.73. The molecule has 0 spiro atoms. The lowest BCUT2D eigenvalue weighted by Gasteiger charge is -2.20. The van der Waals surface area contributed by atoms with Crippen LogP contribution in [0.2, 0.25) is 0 Å². The highest BCUT2D eigenvalue weighted by Gasteiger charge is 2.12.